The minimum Gasteiger partial charge on any atom is -0.496 e. The first-order chi connectivity index (χ1) is 14.1. The zero-order valence-corrected chi connectivity index (χ0v) is 18.0. The molecule has 0 spiro atoms. The largest absolute Gasteiger partial charge is 0.496 e. The van der Waals surface area contributed by atoms with Gasteiger partial charge in [-0.25, -0.2) is 5.01 Å². The van der Waals surface area contributed by atoms with Crippen LogP contribution < -0.4 is 4.74 Å². The third kappa shape index (κ3) is 3.93. The fourth-order valence-electron chi connectivity index (χ4n) is 3.47. The number of hydrogen-bond acceptors (Lipinski definition) is 3. The minimum absolute atomic E-state index is 0.231. The molecule has 3 aromatic rings. The number of carbonyl (C=O) groups is 1. The predicted octanol–water partition coefficient (Wildman–Crippen LogP) is 6.10. The number of amides is 1. The summed E-state index contributed by atoms with van der Waals surface area (Å²) in [5, 5.41) is 6.66. The second kappa shape index (κ2) is 8.39. The Morgan fingerprint density at radius 1 is 1.10 bits per heavy atom. The smallest absolute Gasteiger partial charge is 0.276 e. The second-order valence-electron chi connectivity index (χ2n) is 6.65. The summed E-state index contributed by atoms with van der Waals surface area (Å²) in [4.78, 5) is 13.4. The van der Waals surface area contributed by atoms with Gasteiger partial charge in [-0.05, 0) is 42.0 Å². The first kappa shape index (κ1) is 19.7. The molecule has 3 aromatic carbocycles. The van der Waals surface area contributed by atoms with E-state index in [2.05, 4.69) is 15.9 Å². The van der Waals surface area contributed by atoms with Gasteiger partial charge in [-0.15, -0.1) is 0 Å². The minimum atomic E-state index is -0.240. The number of methoxy groups -OCH3 is 1. The Bertz CT molecular complexity index is 1100. The van der Waals surface area contributed by atoms with Gasteiger partial charge in [0.25, 0.3) is 5.91 Å². The molecule has 0 saturated carbocycles. The van der Waals surface area contributed by atoms with Crippen LogP contribution in [-0.2, 0) is 0 Å². The molecule has 0 aromatic heterocycles. The van der Waals surface area contributed by atoms with E-state index in [-0.39, 0.29) is 11.9 Å². The monoisotopic (exact) mass is 468 g/mol. The summed E-state index contributed by atoms with van der Waals surface area (Å²) >= 11 is 9.82. The zero-order chi connectivity index (χ0) is 20.4. The lowest BCUT2D eigenvalue weighted by Crippen LogP contribution is -2.27. The summed E-state index contributed by atoms with van der Waals surface area (Å²) < 4.78 is 6.45. The third-order valence-corrected chi connectivity index (χ3v) is 5.70. The molecule has 0 aliphatic carbocycles. The van der Waals surface area contributed by atoms with Crippen LogP contribution in [0.5, 0.6) is 5.75 Å². The molecule has 1 aliphatic rings. The average molecular weight is 470 g/mol. The quantitative estimate of drug-likeness (QED) is 0.463. The van der Waals surface area contributed by atoms with E-state index < -0.39 is 0 Å². The van der Waals surface area contributed by atoms with Gasteiger partial charge >= 0.3 is 0 Å². The fourth-order valence-corrected chi connectivity index (χ4v) is 4.11. The van der Waals surface area contributed by atoms with Crippen LogP contribution in [0.4, 0.5) is 0 Å². The Morgan fingerprint density at radius 3 is 2.62 bits per heavy atom. The van der Waals surface area contributed by atoms with Gasteiger partial charge in [0.2, 0.25) is 0 Å². The van der Waals surface area contributed by atoms with E-state index >= 15 is 0 Å². The van der Waals surface area contributed by atoms with Crippen LogP contribution in [0, 0.1) is 0 Å². The van der Waals surface area contributed by atoms with Crippen LogP contribution in [-0.4, -0.2) is 23.7 Å². The standard InChI is InChI=1S/C23H18BrClN2O2/c1-29-22-12-5-3-10-18(22)20-14-21(15-7-6-8-16(24)13-15)27(26-20)23(28)17-9-2-4-11-19(17)25/h2-13,21H,14H2,1H3. The maximum atomic E-state index is 13.4. The van der Waals surface area contributed by atoms with Crippen molar-refractivity contribution in [3.8, 4) is 5.75 Å². The number of benzene rings is 3. The van der Waals surface area contributed by atoms with Crippen molar-refractivity contribution in [3.05, 3.63) is 99.0 Å². The number of halogens is 2. The van der Waals surface area contributed by atoms with E-state index in [0.717, 1.165) is 27.1 Å². The van der Waals surface area contributed by atoms with Gasteiger partial charge in [-0.1, -0.05) is 63.9 Å². The Kier molecular flexibility index (Phi) is 5.69. The maximum Gasteiger partial charge on any atom is 0.276 e. The summed E-state index contributed by atoms with van der Waals surface area (Å²) in [5.74, 6) is 0.497. The molecular weight excluding hydrogens is 452 g/mol. The molecule has 0 bridgehead atoms. The van der Waals surface area contributed by atoms with E-state index in [1.54, 1.807) is 31.4 Å². The third-order valence-electron chi connectivity index (χ3n) is 4.87. The lowest BCUT2D eigenvalue weighted by Gasteiger charge is -2.22. The number of ether oxygens (including phenoxy) is 1. The van der Waals surface area contributed by atoms with E-state index in [1.807, 2.05) is 48.5 Å². The highest BCUT2D eigenvalue weighted by Gasteiger charge is 2.35. The van der Waals surface area contributed by atoms with Gasteiger partial charge in [0.05, 0.1) is 29.4 Å². The molecule has 1 atom stereocenters. The van der Waals surface area contributed by atoms with E-state index in [0.29, 0.717) is 17.0 Å². The number of nitrogens with zero attached hydrogens (tertiary/aromatic N) is 2. The van der Waals surface area contributed by atoms with Crippen LogP contribution in [0.3, 0.4) is 0 Å². The van der Waals surface area contributed by atoms with Gasteiger partial charge in [0.1, 0.15) is 5.75 Å². The summed E-state index contributed by atoms with van der Waals surface area (Å²) in [6.07, 6.45) is 0.576. The summed E-state index contributed by atoms with van der Waals surface area (Å²) in [6, 6.07) is 22.4. The van der Waals surface area contributed by atoms with Gasteiger partial charge in [-0.2, -0.15) is 5.10 Å². The Balaban J connectivity index is 1.79. The van der Waals surface area contributed by atoms with Crippen LogP contribution in [0.25, 0.3) is 0 Å². The van der Waals surface area contributed by atoms with Crippen molar-refractivity contribution in [2.75, 3.05) is 7.11 Å². The van der Waals surface area contributed by atoms with Crippen molar-refractivity contribution in [3.63, 3.8) is 0 Å². The van der Waals surface area contributed by atoms with Crippen LogP contribution >= 0.6 is 27.5 Å². The van der Waals surface area contributed by atoms with Crippen LogP contribution in [0.15, 0.2) is 82.4 Å². The zero-order valence-electron chi connectivity index (χ0n) is 15.7. The molecular formula is C23H18BrClN2O2. The fraction of sp³-hybridized carbons (Fsp3) is 0.130. The van der Waals surface area contributed by atoms with Gasteiger partial charge in [0, 0.05) is 16.5 Å². The van der Waals surface area contributed by atoms with E-state index in [1.165, 1.54) is 5.01 Å². The predicted molar refractivity (Wildman–Crippen MR) is 119 cm³/mol. The van der Waals surface area contributed by atoms with Crippen molar-refractivity contribution >= 4 is 39.1 Å². The topological polar surface area (TPSA) is 41.9 Å². The highest BCUT2D eigenvalue weighted by Crippen LogP contribution is 2.37. The van der Waals surface area contributed by atoms with Crippen molar-refractivity contribution in [1.82, 2.24) is 5.01 Å². The highest BCUT2D eigenvalue weighted by molar-refractivity contribution is 9.10. The Hall–Kier alpha value is -2.63. The lowest BCUT2D eigenvalue weighted by atomic mass is 9.97. The van der Waals surface area contributed by atoms with Crippen molar-refractivity contribution < 1.29 is 9.53 Å². The number of rotatable bonds is 4. The molecule has 1 heterocycles. The molecule has 4 nitrogen and oxygen atoms in total. The molecule has 29 heavy (non-hydrogen) atoms. The number of para-hydroxylation sites is 1. The molecule has 1 amide bonds. The lowest BCUT2D eigenvalue weighted by molar-refractivity contribution is 0.0711. The molecule has 6 heteroatoms. The molecule has 1 aliphatic heterocycles. The maximum absolute atomic E-state index is 13.4. The van der Waals surface area contributed by atoms with Crippen molar-refractivity contribution in [2.24, 2.45) is 5.10 Å². The molecule has 0 N–H and O–H groups in total. The second-order valence-corrected chi connectivity index (χ2v) is 7.97. The van der Waals surface area contributed by atoms with E-state index in [4.69, 9.17) is 21.4 Å². The molecule has 0 saturated heterocycles. The normalized spacial score (nSPS) is 15.9. The Labute approximate surface area is 182 Å². The van der Waals surface area contributed by atoms with Crippen molar-refractivity contribution in [1.29, 1.82) is 0 Å². The highest BCUT2D eigenvalue weighted by atomic mass is 79.9. The summed E-state index contributed by atoms with van der Waals surface area (Å²) in [6.45, 7) is 0. The Morgan fingerprint density at radius 2 is 1.86 bits per heavy atom. The average Bonchev–Trinajstić information content (AvgIpc) is 3.19. The van der Waals surface area contributed by atoms with Gasteiger partial charge in [0.15, 0.2) is 0 Å². The first-order valence-corrected chi connectivity index (χ1v) is 10.3. The van der Waals surface area contributed by atoms with Crippen molar-refractivity contribution in [2.45, 2.75) is 12.5 Å². The number of carbonyl (C=O) groups excluding carboxylic acids is 1. The molecule has 146 valence electrons. The number of hydrazone groups is 1. The van der Waals surface area contributed by atoms with Crippen LogP contribution in [0.1, 0.15) is 33.9 Å². The van der Waals surface area contributed by atoms with Crippen LogP contribution in [0.2, 0.25) is 5.02 Å². The van der Waals surface area contributed by atoms with E-state index in [9.17, 15) is 4.79 Å². The molecule has 0 fully saturated rings. The molecule has 4 rings (SSSR count). The van der Waals surface area contributed by atoms with Gasteiger partial charge < -0.3 is 4.74 Å². The SMILES string of the molecule is COc1ccccc1C1=NN(C(=O)c2ccccc2Cl)C(c2cccc(Br)c2)C1. The summed E-state index contributed by atoms with van der Waals surface area (Å²) in [5.41, 5.74) is 3.10. The molecule has 1 unspecified atom stereocenters. The molecule has 0 radical (unpaired) electrons. The van der Waals surface area contributed by atoms with Gasteiger partial charge in [-0.3, -0.25) is 4.79 Å². The first-order valence-electron chi connectivity index (χ1n) is 9.13. The summed E-state index contributed by atoms with van der Waals surface area (Å²) in [7, 11) is 1.63. The number of hydrogen-bond donors (Lipinski definition) is 0.